The van der Waals surface area contributed by atoms with Gasteiger partial charge in [0.15, 0.2) is 5.82 Å². The number of hydrogen-bond acceptors (Lipinski definition) is 5. The highest BCUT2D eigenvalue weighted by Crippen LogP contribution is 2.15. The van der Waals surface area contributed by atoms with Crippen LogP contribution in [0, 0.1) is 11.8 Å². The van der Waals surface area contributed by atoms with E-state index in [1.807, 2.05) is 30.3 Å². The summed E-state index contributed by atoms with van der Waals surface area (Å²) in [6.45, 7) is 0.00302. The van der Waals surface area contributed by atoms with Crippen LogP contribution < -0.4 is 5.32 Å². The number of carbonyl (C=O) groups excluding carboxylic acids is 1. The van der Waals surface area contributed by atoms with Crippen molar-refractivity contribution in [3.63, 3.8) is 0 Å². The summed E-state index contributed by atoms with van der Waals surface area (Å²) < 4.78 is 1.63. The molecule has 0 saturated carbocycles. The Kier molecular flexibility index (Phi) is 5.37. The number of aryl methyl sites for hydroxylation is 1. The summed E-state index contributed by atoms with van der Waals surface area (Å²) in [5.74, 6) is 5.97. The molecule has 0 radical (unpaired) electrons. The predicted octanol–water partition coefficient (Wildman–Crippen LogP) is 0.999. The minimum absolute atomic E-state index is 0.146. The summed E-state index contributed by atoms with van der Waals surface area (Å²) in [4.78, 5) is 21.0. The molecule has 0 atom stereocenters. The van der Waals surface area contributed by atoms with Crippen LogP contribution in [-0.2, 0) is 7.05 Å². The van der Waals surface area contributed by atoms with Crippen LogP contribution in [0.25, 0.3) is 11.4 Å². The van der Waals surface area contributed by atoms with E-state index in [1.165, 1.54) is 6.07 Å². The third kappa shape index (κ3) is 4.32. The van der Waals surface area contributed by atoms with Gasteiger partial charge in [0.05, 0.1) is 18.4 Å². The van der Waals surface area contributed by atoms with Gasteiger partial charge in [0.2, 0.25) is 0 Å². The van der Waals surface area contributed by atoms with Crippen molar-refractivity contribution in [3.05, 3.63) is 65.7 Å². The normalized spacial score (nSPS) is 10.1. The fourth-order valence-electron chi connectivity index (χ4n) is 2.21. The molecule has 0 aliphatic carbocycles. The quantitative estimate of drug-likeness (QED) is 0.687. The molecule has 130 valence electrons. The molecule has 2 N–H and O–H groups in total. The number of rotatable bonds is 4. The molecule has 3 rings (SSSR count). The van der Waals surface area contributed by atoms with Gasteiger partial charge in [-0.05, 0) is 18.1 Å². The van der Waals surface area contributed by atoms with Crippen LogP contribution in [0.1, 0.15) is 21.7 Å². The van der Waals surface area contributed by atoms with Crippen LogP contribution >= 0.6 is 0 Å². The number of aliphatic hydroxyl groups excluding tert-OH is 1. The predicted molar refractivity (Wildman–Crippen MR) is 96.1 cm³/mol. The Morgan fingerprint density at radius 1 is 1.23 bits per heavy atom. The molecule has 2 aromatic heterocycles. The van der Waals surface area contributed by atoms with Gasteiger partial charge in [-0.15, -0.1) is 0 Å². The smallest absolute Gasteiger partial charge is 0.270 e. The Morgan fingerprint density at radius 2 is 2.04 bits per heavy atom. The lowest BCUT2D eigenvalue weighted by molar-refractivity contribution is 0.0939. The lowest BCUT2D eigenvalue weighted by Gasteiger charge is -2.05. The topological polar surface area (TPSA) is 92.9 Å². The maximum atomic E-state index is 12.2. The Balaban J connectivity index is 2.00. The summed E-state index contributed by atoms with van der Waals surface area (Å²) in [7, 11) is 1.79. The number of nitrogens with zero attached hydrogens (tertiary/aromatic N) is 4. The van der Waals surface area contributed by atoms with Crippen molar-refractivity contribution < 1.29 is 9.90 Å². The minimum Gasteiger partial charge on any atom is -0.395 e. The molecular formula is C19H17N5O2. The molecule has 7 nitrogen and oxygen atoms in total. The fraction of sp³-hybridized carbons (Fsp3) is 0.158. The van der Waals surface area contributed by atoms with Crippen LogP contribution in [-0.4, -0.2) is 43.9 Å². The second-order valence-electron chi connectivity index (χ2n) is 5.46. The largest absolute Gasteiger partial charge is 0.395 e. The molecule has 0 fully saturated rings. The summed E-state index contributed by atoms with van der Waals surface area (Å²) in [6, 6.07) is 11.0. The van der Waals surface area contributed by atoms with Crippen LogP contribution in [0.3, 0.4) is 0 Å². The highest BCUT2D eigenvalue weighted by Gasteiger charge is 2.13. The van der Waals surface area contributed by atoms with Crippen LogP contribution in [0.5, 0.6) is 0 Å². The Morgan fingerprint density at radius 3 is 2.73 bits per heavy atom. The van der Waals surface area contributed by atoms with Gasteiger partial charge in [-0.1, -0.05) is 24.1 Å². The van der Waals surface area contributed by atoms with Crippen molar-refractivity contribution in [1.29, 1.82) is 0 Å². The van der Waals surface area contributed by atoms with Gasteiger partial charge in [-0.25, -0.2) is 9.97 Å². The lowest BCUT2D eigenvalue weighted by atomic mass is 10.2. The Bertz CT molecular complexity index is 970. The summed E-state index contributed by atoms with van der Waals surface area (Å²) in [5, 5.41) is 15.6. The number of hydrogen-bond donors (Lipinski definition) is 2. The molecule has 1 aromatic carbocycles. The van der Waals surface area contributed by atoms with Crippen molar-refractivity contribution in [2.24, 2.45) is 7.05 Å². The molecule has 26 heavy (non-hydrogen) atoms. The third-order valence-corrected chi connectivity index (χ3v) is 3.43. The van der Waals surface area contributed by atoms with Crippen molar-refractivity contribution in [1.82, 2.24) is 25.1 Å². The number of aliphatic hydroxyl groups is 1. The van der Waals surface area contributed by atoms with E-state index in [1.54, 1.807) is 24.1 Å². The zero-order valence-corrected chi connectivity index (χ0v) is 14.2. The van der Waals surface area contributed by atoms with E-state index < -0.39 is 5.91 Å². The van der Waals surface area contributed by atoms with Gasteiger partial charge in [0.1, 0.15) is 11.4 Å². The molecule has 0 unspecified atom stereocenters. The first-order valence-corrected chi connectivity index (χ1v) is 8.00. The van der Waals surface area contributed by atoms with E-state index in [0.717, 1.165) is 5.56 Å². The second-order valence-corrected chi connectivity index (χ2v) is 5.46. The summed E-state index contributed by atoms with van der Waals surface area (Å²) in [5.41, 5.74) is 2.15. The first-order chi connectivity index (χ1) is 12.7. The maximum Gasteiger partial charge on any atom is 0.270 e. The van der Waals surface area contributed by atoms with Crippen molar-refractivity contribution in [2.75, 3.05) is 13.2 Å². The fourth-order valence-corrected chi connectivity index (χ4v) is 2.21. The van der Waals surface area contributed by atoms with E-state index in [0.29, 0.717) is 17.1 Å². The van der Waals surface area contributed by atoms with Gasteiger partial charge in [-0.3, -0.25) is 9.48 Å². The zero-order valence-electron chi connectivity index (χ0n) is 14.2. The minimum atomic E-state index is -0.394. The number of carbonyl (C=O) groups is 1. The van der Waals surface area contributed by atoms with Gasteiger partial charge in [-0.2, -0.15) is 5.10 Å². The first-order valence-electron chi connectivity index (χ1n) is 8.00. The number of aromatic nitrogens is 4. The Labute approximate surface area is 150 Å². The molecule has 1 amide bonds. The van der Waals surface area contributed by atoms with Gasteiger partial charge in [0, 0.05) is 31.4 Å². The Hall–Kier alpha value is -3.50. The molecule has 0 saturated heterocycles. The summed E-state index contributed by atoms with van der Waals surface area (Å²) in [6.07, 6.45) is 3.39. The van der Waals surface area contributed by atoms with Gasteiger partial charge >= 0.3 is 0 Å². The van der Waals surface area contributed by atoms with E-state index >= 15 is 0 Å². The average molecular weight is 347 g/mol. The molecule has 7 heteroatoms. The molecule has 0 aliphatic heterocycles. The molecule has 0 bridgehead atoms. The van der Waals surface area contributed by atoms with Crippen molar-refractivity contribution in [2.45, 2.75) is 0 Å². The molecule has 0 aliphatic rings. The summed E-state index contributed by atoms with van der Waals surface area (Å²) >= 11 is 0. The van der Waals surface area contributed by atoms with Crippen molar-refractivity contribution in [3.8, 4) is 23.2 Å². The molecular weight excluding hydrogens is 330 g/mol. The van der Waals surface area contributed by atoms with E-state index in [2.05, 4.69) is 32.2 Å². The number of benzene rings is 1. The van der Waals surface area contributed by atoms with Crippen LogP contribution in [0.2, 0.25) is 0 Å². The molecule has 3 aromatic rings. The third-order valence-electron chi connectivity index (χ3n) is 3.43. The monoisotopic (exact) mass is 347 g/mol. The average Bonchev–Trinajstić information content (AvgIpc) is 3.11. The highest BCUT2D eigenvalue weighted by atomic mass is 16.3. The van der Waals surface area contributed by atoms with Gasteiger partial charge in [0.25, 0.3) is 5.91 Å². The standard InChI is InChI=1S/C19H17N5O2/c1-24-13-15(12-21-24)18-22-16(8-7-14-5-3-2-4-6-14)11-17(23-18)19(26)20-9-10-25/h2-6,11-13,25H,9-10H2,1H3,(H,20,26). The number of nitrogens with one attached hydrogen (secondary N) is 1. The number of amides is 1. The second kappa shape index (κ2) is 8.05. The van der Waals surface area contributed by atoms with E-state index in [-0.39, 0.29) is 18.8 Å². The SMILES string of the molecule is Cn1cc(-c2nc(C#Cc3ccccc3)cc(C(=O)NCCO)n2)cn1. The lowest BCUT2D eigenvalue weighted by Crippen LogP contribution is -2.27. The maximum absolute atomic E-state index is 12.2. The van der Waals surface area contributed by atoms with Crippen LogP contribution in [0.15, 0.2) is 48.8 Å². The zero-order chi connectivity index (χ0) is 18.4. The van der Waals surface area contributed by atoms with Gasteiger partial charge < -0.3 is 10.4 Å². The first kappa shape index (κ1) is 17.3. The highest BCUT2D eigenvalue weighted by molar-refractivity contribution is 5.92. The van der Waals surface area contributed by atoms with Crippen molar-refractivity contribution >= 4 is 5.91 Å². The molecule has 0 spiro atoms. The van der Waals surface area contributed by atoms with E-state index in [4.69, 9.17) is 5.11 Å². The van der Waals surface area contributed by atoms with E-state index in [9.17, 15) is 4.79 Å². The van der Waals surface area contributed by atoms with Crippen LogP contribution in [0.4, 0.5) is 0 Å². The molecule has 2 heterocycles.